The molecule has 2 saturated carbocycles. The van der Waals surface area contributed by atoms with Gasteiger partial charge in [-0.3, -0.25) is 0 Å². The molecule has 0 bridgehead atoms. The summed E-state index contributed by atoms with van der Waals surface area (Å²) in [6, 6.07) is 0. The second kappa shape index (κ2) is 5.49. The van der Waals surface area contributed by atoms with Crippen LogP contribution in [0.25, 0.3) is 0 Å². The van der Waals surface area contributed by atoms with Crippen LogP contribution in [0, 0.1) is 28.6 Å². The molecule has 1 unspecified atom stereocenters. The summed E-state index contributed by atoms with van der Waals surface area (Å²) in [6.07, 6.45) is 10.4. The molecule has 0 radical (unpaired) electrons. The molecule has 3 rings (SSSR count). The lowest BCUT2D eigenvalue weighted by atomic mass is 9.46. The van der Waals surface area contributed by atoms with E-state index >= 15 is 0 Å². The Morgan fingerprint density at radius 3 is 2.55 bits per heavy atom. The van der Waals surface area contributed by atoms with Gasteiger partial charge in [0.25, 0.3) is 0 Å². The fourth-order valence-corrected chi connectivity index (χ4v) is 5.77. The smallest absolute Gasteiger partial charge is 0.157 e. The van der Waals surface area contributed by atoms with Gasteiger partial charge in [-0.2, -0.15) is 0 Å². The molecule has 0 aliphatic heterocycles. The summed E-state index contributed by atoms with van der Waals surface area (Å²) < 4.78 is 0. The van der Waals surface area contributed by atoms with Gasteiger partial charge in [0.1, 0.15) is 0 Å². The van der Waals surface area contributed by atoms with Crippen LogP contribution in [0.1, 0.15) is 66.2 Å². The van der Waals surface area contributed by atoms with Crippen molar-refractivity contribution in [2.24, 2.45) is 28.6 Å². The maximum absolute atomic E-state index is 10.0. The predicted molar refractivity (Wildman–Crippen MR) is 90.1 cm³/mol. The molecule has 3 aliphatic carbocycles. The van der Waals surface area contributed by atoms with E-state index in [0.29, 0.717) is 17.8 Å². The highest BCUT2D eigenvalue weighted by Crippen LogP contribution is 2.63. The summed E-state index contributed by atoms with van der Waals surface area (Å²) in [5, 5.41) is 20.1. The summed E-state index contributed by atoms with van der Waals surface area (Å²) in [5.74, 6) is 1.63. The molecule has 124 valence electrons. The van der Waals surface area contributed by atoms with E-state index in [0.717, 1.165) is 32.1 Å². The normalized spacial score (nSPS) is 41.8. The first-order valence-corrected chi connectivity index (χ1v) is 9.05. The van der Waals surface area contributed by atoms with Crippen molar-refractivity contribution in [3.8, 4) is 0 Å². The van der Waals surface area contributed by atoms with Crippen molar-refractivity contribution in [1.29, 1.82) is 0 Å². The topological polar surface area (TPSA) is 40.5 Å². The molecule has 2 heteroatoms. The molecule has 2 N–H and O–H groups in total. The Morgan fingerprint density at radius 2 is 1.91 bits per heavy atom. The minimum Gasteiger partial charge on any atom is -0.368 e. The van der Waals surface area contributed by atoms with Crippen LogP contribution in [0.2, 0.25) is 0 Å². The van der Waals surface area contributed by atoms with Gasteiger partial charge in [-0.25, -0.2) is 0 Å². The van der Waals surface area contributed by atoms with Gasteiger partial charge < -0.3 is 10.2 Å². The molecule has 2 fully saturated rings. The van der Waals surface area contributed by atoms with Crippen molar-refractivity contribution in [3.63, 3.8) is 0 Å². The first kappa shape index (κ1) is 16.3. The fourth-order valence-electron chi connectivity index (χ4n) is 5.77. The summed E-state index contributed by atoms with van der Waals surface area (Å²) in [5.41, 5.74) is 3.01. The molecule has 0 spiro atoms. The summed E-state index contributed by atoms with van der Waals surface area (Å²) in [4.78, 5) is 0. The van der Waals surface area contributed by atoms with Crippen LogP contribution in [0.3, 0.4) is 0 Å². The number of rotatable bonds is 2. The van der Waals surface area contributed by atoms with E-state index in [9.17, 15) is 10.2 Å². The number of hydrogen-bond donors (Lipinski definition) is 2. The zero-order chi connectivity index (χ0) is 16.1. The zero-order valence-electron chi connectivity index (χ0n) is 14.6. The first-order chi connectivity index (χ1) is 10.3. The first-order valence-electron chi connectivity index (χ1n) is 9.05. The minimum absolute atomic E-state index is 0.222. The maximum Gasteiger partial charge on any atom is 0.157 e. The number of hydrogen-bond acceptors (Lipinski definition) is 2. The molecule has 0 aromatic rings. The van der Waals surface area contributed by atoms with Gasteiger partial charge in [0.15, 0.2) is 6.29 Å². The number of allylic oxidation sites excluding steroid dienone is 4. The number of fused-ring (bicyclic) bond motifs is 3. The lowest BCUT2D eigenvalue weighted by Gasteiger charge is -2.59. The van der Waals surface area contributed by atoms with Gasteiger partial charge in [0, 0.05) is 5.41 Å². The third kappa shape index (κ3) is 2.30. The van der Waals surface area contributed by atoms with Crippen LogP contribution < -0.4 is 0 Å². The molecular formula is C20H32O2. The lowest BCUT2D eigenvalue weighted by molar-refractivity contribution is -0.200. The monoisotopic (exact) mass is 304 g/mol. The standard InChI is InChI=1S/C20H32O2/c1-13(2)14-6-8-16-15(12-14)7-9-17-19(16,3)10-5-11-20(17,4)18(21)22/h6,12-13,16-18,21-22H,5,7-11H2,1-4H3/t16-,17?,19+,20+/m0/s1. The van der Waals surface area contributed by atoms with Gasteiger partial charge in [-0.1, -0.05) is 51.8 Å². The molecule has 0 aromatic heterocycles. The molecule has 0 aromatic carbocycles. The highest BCUT2D eigenvalue weighted by molar-refractivity contribution is 5.34. The highest BCUT2D eigenvalue weighted by Gasteiger charge is 2.56. The minimum atomic E-state index is -1.19. The van der Waals surface area contributed by atoms with E-state index in [-0.39, 0.29) is 10.8 Å². The van der Waals surface area contributed by atoms with Crippen molar-refractivity contribution in [1.82, 2.24) is 0 Å². The Morgan fingerprint density at radius 1 is 1.18 bits per heavy atom. The second-order valence-corrected chi connectivity index (χ2v) is 8.70. The van der Waals surface area contributed by atoms with Crippen LogP contribution in [-0.4, -0.2) is 16.5 Å². The van der Waals surface area contributed by atoms with Gasteiger partial charge in [-0.05, 0) is 60.8 Å². The van der Waals surface area contributed by atoms with Gasteiger partial charge in [0.05, 0.1) is 0 Å². The Balaban J connectivity index is 1.93. The quantitative estimate of drug-likeness (QED) is 0.741. The summed E-state index contributed by atoms with van der Waals surface area (Å²) >= 11 is 0. The molecule has 0 saturated heterocycles. The zero-order valence-corrected chi connectivity index (χ0v) is 14.6. The Kier molecular flexibility index (Phi) is 4.06. The van der Waals surface area contributed by atoms with Crippen LogP contribution in [-0.2, 0) is 0 Å². The Labute approximate surface area is 135 Å². The number of aliphatic hydroxyl groups is 2. The lowest BCUT2D eigenvalue weighted by Crippen LogP contribution is -2.54. The molecule has 0 heterocycles. The van der Waals surface area contributed by atoms with E-state index in [1.54, 1.807) is 5.57 Å². The fraction of sp³-hybridized carbons (Fsp3) is 0.800. The second-order valence-electron chi connectivity index (χ2n) is 8.70. The van der Waals surface area contributed by atoms with Crippen molar-refractivity contribution in [2.75, 3.05) is 0 Å². The third-order valence-electron chi connectivity index (χ3n) is 7.19. The van der Waals surface area contributed by atoms with Gasteiger partial charge in [-0.15, -0.1) is 0 Å². The van der Waals surface area contributed by atoms with Crippen molar-refractivity contribution in [2.45, 2.75) is 72.5 Å². The Hall–Kier alpha value is -0.600. The molecule has 4 atom stereocenters. The van der Waals surface area contributed by atoms with Crippen LogP contribution in [0.5, 0.6) is 0 Å². The van der Waals surface area contributed by atoms with E-state index in [1.807, 2.05) is 0 Å². The molecule has 22 heavy (non-hydrogen) atoms. The van der Waals surface area contributed by atoms with E-state index in [2.05, 4.69) is 39.8 Å². The predicted octanol–water partition coefficient (Wildman–Crippen LogP) is 4.43. The highest BCUT2D eigenvalue weighted by atomic mass is 16.5. The van der Waals surface area contributed by atoms with E-state index < -0.39 is 6.29 Å². The summed E-state index contributed by atoms with van der Waals surface area (Å²) in [6.45, 7) is 9.07. The van der Waals surface area contributed by atoms with Crippen LogP contribution in [0.15, 0.2) is 23.3 Å². The van der Waals surface area contributed by atoms with Gasteiger partial charge >= 0.3 is 0 Å². The van der Waals surface area contributed by atoms with E-state index in [1.165, 1.54) is 12.0 Å². The largest absolute Gasteiger partial charge is 0.368 e. The molecule has 3 aliphatic rings. The van der Waals surface area contributed by atoms with Crippen LogP contribution in [0.4, 0.5) is 0 Å². The Bertz CT molecular complexity index is 502. The SMILES string of the molecule is CC(C)C1=CC[C@H]2C(=C1)CCC1[C@](C)(C(O)O)CCC[C@@]12C. The number of aliphatic hydroxyl groups excluding tert-OH is 1. The third-order valence-corrected chi connectivity index (χ3v) is 7.19. The molecule has 2 nitrogen and oxygen atoms in total. The van der Waals surface area contributed by atoms with Crippen molar-refractivity contribution >= 4 is 0 Å². The average molecular weight is 304 g/mol. The average Bonchev–Trinajstić information content (AvgIpc) is 2.46. The summed E-state index contributed by atoms with van der Waals surface area (Å²) in [7, 11) is 0. The van der Waals surface area contributed by atoms with Gasteiger partial charge in [0.2, 0.25) is 0 Å². The van der Waals surface area contributed by atoms with Crippen molar-refractivity contribution < 1.29 is 10.2 Å². The van der Waals surface area contributed by atoms with Crippen molar-refractivity contribution in [3.05, 3.63) is 23.3 Å². The van der Waals surface area contributed by atoms with E-state index in [4.69, 9.17) is 0 Å². The molecular weight excluding hydrogens is 272 g/mol. The molecule has 0 amide bonds. The maximum atomic E-state index is 10.0. The van der Waals surface area contributed by atoms with Crippen LogP contribution >= 0.6 is 0 Å².